The Kier molecular flexibility index (Phi) is 7.49. The molecule has 138 valence electrons. The molecule has 1 unspecified atom stereocenters. The fraction of sp³-hybridized carbons (Fsp3) is 0.889. The molecule has 1 amide bonds. The van der Waals surface area contributed by atoms with E-state index in [0.29, 0.717) is 18.9 Å². The molecule has 1 aliphatic heterocycles. The van der Waals surface area contributed by atoms with Gasteiger partial charge in [0.25, 0.3) is 0 Å². The van der Waals surface area contributed by atoms with Crippen LogP contribution in [0.15, 0.2) is 0 Å². The molecule has 2 fully saturated rings. The largest absolute Gasteiger partial charge is 0.467 e. The van der Waals surface area contributed by atoms with Crippen LogP contribution in [-0.4, -0.2) is 73.6 Å². The van der Waals surface area contributed by atoms with Crippen molar-refractivity contribution in [3.63, 3.8) is 0 Å². The summed E-state index contributed by atoms with van der Waals surface area (Å²) in [5.41, 5.74) is 0. The quantitative estimate of drug-likeness (QED) is 0.708. The third-order valence-electron chi connectivity index (χ3n) is 5.14. The van der Waals surface area contributed by atoms with Crippen molar-refractivity contribution >= 4 is 11.9 Å². The van der Waals surface area contributed by atoms with Gasteiger partial charge >= 0.3 is 5.97 Å². The molecule has 2 rings (SSSR count). The Hall–Kier alpha value is -1.14. The number of carbonyl (C=O) groups is 2. The first-order chi connectivity index (χ1) is 11.5. The van der Waals surface area contributed by atoms with E-state index >= 15 is 0 Å². The topological polar surface area (TPSA) is 61.9 Å². The van der Waals surface area contributed by atoms with Crippen LogP contribution in [0.5, 0.6) is 0 Å². The van der Waals surface area contributed by atoms with Gasteiger partial charge in [0, 0.05) is 32.2 Å². The normalized spacial score (nSPS) is 21.8. The second-order valence-electron chi connectivity index (χ2n) is 7.52. The van der Waals surface area contributed by atoms with E-state index < -0.39 is 6.04 Å². The third-order valence-corrected chi connectivity index (χ3v) is 5.14. The number of ether oxygens (including phenoxy) is 1. The van der Waals surface area contributed by atoms with E-state index in [9.17, 15) is 9.59 Å². The molecule has 24 heavy (non-hydrogen) atoms. The van der Waals surface area contributed by atoms with Gasteiger partial charge in [0.1, 0.15) is 6.04 Å². The highest BCUT2D eigenvalue weighted by molar-refractivity contribution is 5.85. The maximum atomic E-state index is 12.3. The van der Waals surface area contributed by atoms with Crippen LogP contribution < -0.4 is 5.32 Å². The van der Waals surface area contributed by atoms with Crippen LogP contribution in [0.4, 0.5) is 0 Å². The van der Waals surface area contributed by atoms with Crippen molar-refractivity contribution in [3.05, 3.63) is 0 Å². The third kappa shape index (κ3) is 5.74. The number of hydrogen-bond donors (Lipinski definition) is 1. The van der Waals surface area contributed by atoms with Gasteiger partial charge in [0.2, 0.25) is 5.91 Å². The number of nitrogens with zero attached hydrogens (tertiary/aromatic N) is 2. The first-order valence-electron chi connectivity index (χ1n) is 9.33. The summed E-state index contributed by atoms with van der Waals surface area (Å²) in [6, 6.07) is 0.220. The number of esters is 1. The molecule has 1 atom stereocenters. The fourth-order valence-electron chi connectivity index (χ4n) is 3.83. The first-order valence-corrected chi connectivity index (χ1v) is 9.33. The average Bonchev–Trinajstić information content (AvgIpc) is 3.08. The predicted molar refractivity (Wildman–Crippen MR) is 93.7 cm³/mol. The predicted octanol–water partition coefficient (Wildman–Crippen LogP) is 1.25. The van der Waals surface area contributed by atoms with Gasteiger partial charge in [0.05, 0.1) is 13.7 Å². The highest BCUT2D eigenvalue weighted by atomic mass is 16.5. The summed E-state index contributed by atoms with van der Waals surface area (Å²) in [7, 11) is 1.37. The number of rotatable bonds is 7. The van der Waals surface area contributed by atoms with E-state index in [-0.39, 0.29) is 11.9 Å². The molecule has 0 spiro atoms. The van der Waals surface area contributed by atoms with Crippen LogP contribution >= 0.6 is 0 Å². The zero-order valence-corrected chi connectivity index (χ0v) is 15.4. The Labute approximate surface area is 145 Å². The molecule has 0 radical (unpaired) electrons. The van der Waals surface area contributed by atoms with Crippen LogP contribution in [0.25, 0.3) is 0 Å². The highest BCUT2D eigenvalue weighted by Crippen LogP contribution is 2.24. The first kappa shape index (κ1) is 19.2. The van der Waals surface area contributed by atoms with Gasteiger partial charge in [-0.3, -0.25) is 14.6 Å². The second-order valence-corrected chi connectivity index (χ2v) is 7.52. The standard InChI is InChI=1S/C18H33N3O3/c1-14(2)12-16(18(23)24-3)19-17(22)13-20-8-10-21(11-9-20)15-6-4-5-7-15/h14-16H,4-13H2,1-3H3,(H,19,22). The number of methoxy groups -OCH3 is 1. The minimum Gasteiger partial charge on any atom is -0.467 e. The van der Waals surface area contributed by atoms with E-state index in [1.54, 1.807) is 0 Å². The Morgan fingerprint density at radius 1 is 1.12 bits per heavy atom. The molecule has 1 heterocycles. The van der Waals surface area contributed by atoms with Crippen molar-refractivity contribution < 1.29 is 14.3 Å². The van der Waals surface area contributed by atoms with Gasteiger partial charge in [-0.25, -0.2) is 4.79 Å². The minimum absolute atomic E-state index is 0.0830. The van der Waals surface area contributed by atoms with Crippen LogP contribution in [0.2, 0.25) is 0 Å². The molecule has 0 aromatic heterocycles. The van der Waals surface area contributed by atoms with Crippen molar-refractivity contribution in [3.8, 4) is 0 Å². The molecule has 2 aliphatic rings. The summed E-state index contributed by atoms with van der Waals surface area (Å²) < 4.78 is 4.80. The maximum absolute atomic E-state index is 12.3. The monoisotopic (exact) mass is 339 g/mol. The van der Waals surface area contributed by atoms with Crippen LogP contribution in [0, 0.1) is 5.92 Å². The SMILES string of the molecule is COC(=O)C(CC(C)C)NC(=O)CN1CCN(C2CCCC2)CC1. The summed E-state index contributed by atoms with van der Waals surface area (Å²) in [5, 5.41) is 2.84. The van der Waals surface area contributed by atoms with Gasteiger partial charge in [-0.1, -0.05) is 26.7 Å². The molecule has 1 aliphatic carbocycles. The lowest BCUT2D eigenvalue weighted by Crippen LogP contribution is -2.53. The number of piperazine rings is 1. The van der Waals surface area contributed by atoms with Crippen molar-refractivity contribution in [2.24, 2.45) is 5.92 Å². The average molecular weight is 339 g/mol. The number of amides is 1. The minimum atomic E-state index is -0.540. The summed E-state index contributed by atoms with van der Waals surface area (Å²) in [5.74, 6) is -0.118. The lowest BCUT2D eigenvalue weighted by molar-refractivity contribution is -0.145. The lowest BCUT2D eigenvalue weighted by atomic mass is 10.0. The zero-order chi connectivity index (χ0) is 17.5. The molecular weight excluding hydrogens is 306 g/mol. The van der Waals surface area contributed by atoms with E-state index in [0.717, 1.165) is 32.2 Å². The smallest absolute Gasteiger partial charge is 0.328 e. The fourth-order valence-corrected chi connectivity index (χ4v) is 3.83. The Morgan fingerprint density at radius 2 is 1.75 bits per heavy atom. The Morgan fingerprint density at radius 3 is 2.29 bits per heavy atom. The van der Waals surface area contributed by atoms with Crippen LogP contribution in [0.3, 0.4) is 0 Å². The molecule has 6 heteroatoms. The molecule has 1 saturated heterocycles. The number of carbonyl (C=O) groups excluding carboxylic acids is 2. The van der Waals surface area contributed by atoms with E-state index in [1.807, 2.05) is 13.8 Å². The van der Waals surface area contributed by atoms with Crippen LogP contribution in [0.1, 0.15) is 46.0 Å². The van der Waals surface area contributed by atoms with Gasteiger partial charge < -0.3 is 10.1 Å². The summed E-state index contributed by atoms with van der Waals surface area (Å²) in [4.78, 5) is 28.9. The van der Waals surface area contributed by atoms with Crippen LogP contribution in [-0.2, 0) is 14.3 Å². The molecule has 1 N–H and O–H groups in total. The van der Waals surface area contributed by atoms with Gasteiger partial charge in [-0.15, -0.1) is 0 Å². The van der Waals surface area contributed by atoms with Crippen molar-refractivity contribution in [2.75, 3.05) is 39.8 Å². The van der Waals surface area contributed by atoms with E-state index in [2.05, 4.69) is 15.1 Å². The molecule has 0 aromatic rings. The number of nitrogens with one attached hydrogen (secondary N) is 1. The van der Waals surface area contributed by atoms with Crippen molar-refractivity contribution in [1.29, 1.82) is 0 Å². The summed E-state index contributed by atoms with van der Waals surface area (Å²) in [6.07, 6.45) is 5.98. The molecule has 0 bridgehead atoms. The van der Waals surface area contributed by atoms with Gasteiger partial charge in [-0.2, -0.15) is 0 Å². The van der Waals surface area contributed by atoms with Crippen molar-refractivity contribution in [2.45, 2.75) is 58.0 Å². The second kappa shape index (κ2) is 9.37. The molecule has 1 saturated carbocycles. The van der Waals surface area contributed by atoms with E-state index in [4.69, 9.17) is 4.74 Å². The Bertz CT molecular complexity index is 414. The maximum Gasteiger partial charge on any atom is 0.328 e. The highest BCUT2D eigenvalue weighted by Gasteiger charge is 2.28. The molecular formula is C18H33N3O3. The van der Waals surface area contributed by atoms with E-state index in [1.165, 1.54) is 32.8 Å². The molecule has 6 nitrogen and oxygen atoms in total. The lowest BCUT2D eigenvalue weighted by Gasteiger charge is -2.37. The zero-order valence-electron chi connectivity index (χ0n) is 15.4. The van der Waals surface area contributed by atoms with Gasteiger partial charge in [0.15, 0.2) is 0 Å². The van der Waals surface area contributed by atoms with Gasteiger partial charge in [-0.05, 0) is 25.2 Å². The number of hydrogen-bond acceptors (Lipinski definition) is 5. The molecule has 0 aromatic carbocycles. The summed E-state index contributed by atoms with van der Waals surface area (Å²) >= 11 is 0. The van der Waals surface area contributed by atoms with Crippen molar-refractivity contribution in [1.82, 2.24) is 15.1 Å². The Balaban J connectivity index is 1.74. The summed E-state index contributed by atoms with van der Waals surface area (Å²) in [6.45, 7) is 8.38.